The van der Waals surface area contributed by atoms with Crippen molar-refractivity contribution in [2.45, 2.75) is 46.5 Å². The average Bonchev–Trinajstić information content (AvgIpc) is 2.32. The Morgan fingerprint density at radius 3 is 2.35 bits per heavy atom. The third-order valence-corrected chi connectivity index (χ3v) is 4.02. The second kappa shape index (κ2) is 5.31. The molecule has 0 heterocycles. The first-order valence-corrected chi connectivity index (χ1v) is 6.18. The van der Waals surface area contributed by atoms with Crippen LogP contribution in [-0.4, -0.2) is 0 Å². The summed E-state index contributed by atoms with van der Waals surface area (Å²) in [5, 5.41) is 9.42. The van der Waals surface area contributed by atoms with Crippen molar-refractivity contribution in [2.24, 2.45) is 5.41 Å². The number of benzene rings is 1. The highest BCUT2D eigenvalue weighted by molar-refractivity contribution is 5.33. The summed E-state index contributed by atoms with van der Waals surface area (Å²) in [4.78, 5) is 0. The van der Waals surface area contributed by atoms with Crippen molar-refractivity contribution < 1.29 is 4.39 Å². The van der Waals surface area contributed by atoms with E-state index in [4.69, 9.17) is 0 Å². The van der Waals surface area contributed by atoms with Crippen molar-refractivity contribution in [3.8, 4) is 6.07 Å². The second-order valence-electron chi connectivity index (χ2n) is 4.67. The Bertz CT molecular complexity index is 407. The lowest BCUT2D eigenvalue weighted by molar-refractivity contribution is 0.298. The molecule has 1 aromatic rings. The monoisotopic (exact) mass is 233 g/mol. The first kappa shape index (κ1) is 13.7. The zero-order valence-electron chi connectivity index (χ0n) is 11.0. The van der Waals surface area contributed by atoms with Crippen molar-refractivity contribution in [2.75, 3.05) is 0 Å². The van der Waals surface area contributed by atoms with Crippen LogP contribution in [0.3, 0.4) is 0 Å². The molecule has 0 aromatic heterocycles. The van der Waals surface area contributed by atoms with Gasteiger partial charge in [-0.05, 0) is 37.0 Å². The van der Waals surface area contributed by atoms with Crippen molar-refractivity contribution in [3.63, 3.8) is 0 Å². The molecule has 1 aromatic carbocycles. The van der Waals surface area contributed by atoms with E-state index in [-0.39, 0.29) is 11.7 Å². The molecule has 17 heavy (non-hydrogen) atoms. The van der Waals surface area contributed by atoms with Crippen LogP contribution in [0.1, 0.15) is 50.7 Å². The molecule has 0 spiro atoms. The molecule has 0 saturated carbocycles. The van der Waals surface area contributed by atoms with E-state index in [1.54, 1.807) is 6.07 Å². The lowest BCUT2D eigenvalue weighted by Gasteiger charge is -2.32. The molecule has 0 aliphatic carbocycles. The largest absolute Gasteiger partial charge is 0.207 e. The number of nitriles is 1. The number of nitrogens with zero attached hydrogens (tertiary/aromatic N) is 1. The Balaban J connectivity index is 3.29. The van der Waals surface area contributed by atoms with Gasteiger partial charge in [-0.3, -0.25) is 0 Å². The summed E-state index contributed by atoms with van der Waals surface area (Å²) in [7, 11) is 0. The van der Waals surface area contributed by atoms with E-state index in [1.807, 2.05) is 33.8 Å². The van der Waals surface area contributed by atoms with Gasteiger partial charge in [0.2, 0.25) is 0 Å². The standard InChI is InChI=1S/C15H20FN/c1-5-15(6-2,10-17)12(4)14-11(3)8-7-9-13(14)16/h7-9,12H,5-6H2,1-4H3/t12-/m1/s1. The number of aryl methyl sites for hydroxylation is 1. The molecule has 0 aliphatic heterocycles. The van der Waals surface area contributed by atoms with E-state index in [0.29, 0.717) is 5.56 Å². The molecule has 1 rings (SSSR count). The molecule has 0 N–H and O–H groups in total. The molecule has 0 unspecified atom stereocenters. The summed E-state index contributed by atoms with van der Waals surface area (Å²) in [6, 6.07) is 7.50. The zero-order chi connectivity index (χ0) is 13.1. The van der Waals surface area contributed by atoms with Crippen LogP contribution in [0.4, 0.5) is 4.39 Å². The lowest BCUT2D eigenvalue weighted by Crippen LogP contribution is -2.25. The Labute approximate surface area is 103 Å². The van der Waals surface area contributed by atoms with Gasteiger partial charge in [-0.1, -0.05) is 32.9 Å². The van der Waals surface area contributed by atoms with Gasteiger partial charge in [0.05, 0.1) is 11.5 Å². The molecular weight excluding hydrogens is 213 g/mol. The zero-order valence-corrected chi connectivity index (χ0v) is 11.0. The minimum absolute atomic E-state index is 0.0799. The van der Waals surface area contributed by atoms with Crippen LogP contribution in [0, 0.1) is 29.5 Å². The summed E-state index contributed by atoms with van der Waals surface area (Å²) in [5.41, 5.74) is 1.16. The van der Waals surface area contributed by atoms with Gasteiger partial charge >= 0.3 is 0 Å². The van der Waals surface area contributed by atoms with Gasteiger partial charge in [0.1, 0.15) is 5.82 Å². The Morgan fingerprint density at radius 2 is 1.94 bits per heavy atom. The fourth-order valence-corrected chi connectivity index (χ4v) is 2.59. The molecule has 1 atom stereocenters. The highest BCUT2D eigenvalue weighted by atomic mass is 19.1. The Kier molecular flexibility index (Phi) is 4.28. The van der Waals surface area contributed by atoms with Crippen LogP contribution in [0.2, 0.25) is 0 Å². The molecule has 0 saturated heterocycles. The van der Waals surface area contributed by atoms with Gasteiger partial charge in [-0.15, -0.1) is 0 Å². The highest BCUT2D eigenvalue weighted by Crippen LogP contribution is 2.42. The van der Waals surface area contributed by atoms with Crippen molar-refractivity contribution in [3.05, 3.63) is 35.1 Å². The van der Waals surface area contributed by atoms with Crippen LogP contribution in [0.25, 0.3) is 0 Å². The summed E-state index contributed by atoms with van der Waals surface area (Å²) in [6.07, 6.45) is 1.49. The highest BCUT2D eigenvalue weighted by Gasteiger charge is 2.35. The molecule has 92 valence electrons. The molecule has 0 bridgehead atoms. The van der Waals surface area contributed by atoms with E-state index >= 15 is 0 Å². The minimum atomic E-state index is -0.465. The van der Waals surface area contributed by atoms with E-state index in [0.717, 1.165) is 18.4 Å². The van der Waals surface area contributed by atoms with Gasteiger partial charge < -0.3 is 0 Å². The smallest absolute Gasteiger partial charge is 0.126 e. The third kappa shape index (κ3) is 2.34. The van der Waals surface area contributed by atoms with Crippen LogP contribution in [0.5, 0.6) is 0 Å². The maximum Gasteiger partial charge on any atom is 0.126 e. The van der Waals surface area contributed by atoms with Gasteiger partial charge in [-0.25, -0.2) is 4.39 Å². The number of hydrogen-bond donors (Lipinski definition) is 0. The van der Waals surface area contributed by atoms with Gasteiger partial charge in [0, 0.05) is 5.92 Å². The second-order valence-corrected chi connectivity index (χ2v) is 4.67. The fourth-order valence-electron chi connectivity index (χ4n) is 2.59. The molecule has 2 heteroatoms. The van der Waals surface area contributed by atoms with Gasteiger partial charge in [0.25, 0.3) is 0 Å². The van der Waals surface area contributed by atoms with E-state index in [9.17, 15) is 9.65 Å². The van der Waals surface area contributed by atoms with Crippen molar-refractivity contribution in [1.29, 1.82) is 5.26 Å². The van der Waals surface area contributed by atoms with Crippen molar-refractivity contribution >= 4 is 0 Å². The van der Waals surface area contributed by atoms with E-state index in [2.05, 4.69) is 6.07 Å². The molecule has 1 nitrogen and oxygen atoms in total. The first-order valence-electron chi connectivity index (χ1n) is 6.18. The third-order valence-electron chi connectivity index (χ3n) is 4.02. The maximum atomic E-state index is 13.9. The van der Waals surface area contributed by atoms with Crippen LogP contribution in [-0.2, 0) is 0 Å². The molecule has 0 fully saturated rings. The molecule has 0 amide bonds. The maximum absolute atomic E-state index is 13.9. The number of hydrogen-bond acceptors (Lipinski definition) is 1. The lowest BCUT2D eigenvalue weighted by atomic mass is 9.69. The Morgan fingerprint density at radius 1 is 1.35 bits per heavy atom. The summed E-state index contributed by atoms with van der Waals surface area (Å²) in [5.74, 6) is -0.275. The van der Waals surface area contributed by atoms with E-state index in [1.165, 1.54) is 6.07 Å². The average molecular weight is 233 g/mol. The molecule has 0 aliphatic rings. The first-order chi connectivity index (χ1) is 8.02. The molecular formula is C15H20FN. The predicted octanol–water partition coefficient (Wildman–Crippen LogP) is 4.57. The fraction of sp³-hybridized carbons (Fsp3) is 0.533. The van der Waals surface area contributed by atoms with Gasteiger partial charge in [0.15, 0.2) is 0 Å². The minimum Gasteiger partial charge on any atom is -0.207 e. The quantitative estimate of drug-likeness (QED) is 0.747. The Hall–Kier alpha value is -1.36. The summed E-state index contributed by atoms with van der Waals surface area (Å²) < 4.78 is 13.9. The van der Waals surface area contributed by atoms with E-state index < -0.39 is 5.41 Å². The topological polar surface area (TPSA) is 23.8 Å². The van der Waals surface area contributed by atoms with Gasteiger partial charge in [-0.2, -0.15) is 5.26 Å². The molecule has 0 radical (unpaired) electrons. The SMILES string of the molecule is CCC(C#N)(CC)[C@H](C)c1c(C)cccc1F. The van der Waals surface area contributed by atoms with Crippen molar-refractivity contribution in [1.82, 2.24) is 0 Å². The van der Waals surface area contributed by atoms with Crippen LogP contribution < -0.4 is 0 Å². The summed E-state index contributed by atoms with van der Waals surface area (Å²) in [6.45, 7) is 7.86. The number of rotatable bonds is 4. The van der Waals surface area contributed by atoms with Crippen LogP contribution >= 0.6 is 0 Å². The normalized spacial score (nSPS) is 13.2. The van der Waals surface area contributed by atoms with Crippen LogP contribution in [0.15, 0.2) is 18.2 Å². The number of halogens is 1. The predicted molar refractivity (Wildman–Crippen MR) is 68.2 cm³/mol. The summed E-state index contributed by atoms with van der Waals surface area (Å²) >= 11 is 0.